The summed E-state index contributed by atoms with van der Waals surface area (Å²) in [4.78, 5) is 0. The van der Waals surface area contributed by atoms with Gasteiger partial charge in [-0.15, -0.1) is 0 Å². The van der Waals surface area contributed by atoms with Gasteiger partial charge in [-0.3, -0.25) is 0 Å². The SMILES string of the molecule is CC.CC.OC1C(c2ccccc2)=COc2ccccc21. The van der Waals surface area contributed by atoms with Crippen molar-refractivity contribution in [3.8, 4) is 5.75 Å². The van der Waals surface area contributed by atoms with E-state index in [9.17, 15) is 5.11 Å². The van der Waals surface area contributed by atoms with E-state index >= 15 is 0 Å². The zero-order chi connectivity index (χ0) is 15.7. The summed E-state index contributed by atoms with van der Waals surface area (Å²) in [6, 6.07) is 17.3. The van der Waals surface area contributed by atoms with E-state index in [2.05, 4.69) is 0 Å². The molecule has 1 aliphatic rings. The van der Waals surface area contributed by atoms with Crippen molar-refractivity contribution in [3.63, 3.8) is 0 Å². The zero-order valence-electron chi connectivity index (χ0n) is 13.2. The van der Waals surface area contributed by atoms with Gasteiger partial charge < -0.3 is 9.84 Å². The molecule has 0 aromatic heterocycles. The van der Waals surface area contributed by atoms with Gasteiger partial charge in [0.05, 0.1) is 6.26 Å². The van der Waals surface area contributed by atoms with Gasteiger partial charge in [-0.05, 0) is 11.6 Å². The maximum Gasteiger partial charge on any atom is 0.132 e. The summed E-state index contributed by atoms with van der Waals surface area (Å²) in [7, 11) is 0. The molecule has 0 bridgehead atoms. The Morgan fingerprint density at radius 3 is 2.05 bits per heavy atom. The third-order valence-corrected chi connectivity index (χ3v) is 2.93. The first-order valence-corrected chi connectivity index (χ1v) is 7.55. The molecule has 3 rings (SSSR count). The molecular formula is C19H24O2. The molecular weight excluding hydrogens is 260 g/mol. The molecule has 0 amide bonds. The van der Waals surface area contributed by atoms with Crippen LogP contribution in [0.25, 0.3) is 5.57 Å². The van der Waals surface area contributed by atoms with Gasteiger partial charge in [0.15, 0.2) is 0 Å². The van der Waals surface area contributed by atoms with Gasteiger partial charge in [0.1, 0.15) is 11.9 Å². The molecule has 21 heavy (non-hydrogen) atoms. The highest BCUT2D eigenvalue weighted by molar-refractivity contribution is 5.72. The summed E-state index contributed by atoms with van der Waals surface area (Å²) < 4.78 is 5.54. The van der Waals surface area contributed by atoms with E-state index in [-0.39, 0.29) is 0 Å². The van der Waals surface area contributed by atoms with Gasteiger partial charge in [-0.1, -0.05) is 76.2 Å². The first-order valence-electron chi connectivity index (χ1n) is 7.55. The van der Waals surface area contributed by atoms with Crippen molar-refractivity contribution in [1.29, 1.82) is 0 Å². The highest BCUT2D eigenvalue weighted by Crippen LogP contribution is 2.38. The van der Waals surface area contributed by atoms with Crippen molar-refractivity contribution < 1.29 is 9.84 Å². The Labute approximate surface area is 127 Å². The quantitative estimate of drug-likeness (QED) is 0.779. The number of para-hydroxylation sites is 1. The van der Waals surface area contributed by atoms with E-state index in [1.165, 1.54) is 0 Å². The van der Waals surface area contributed by atoms with Crippen molar-refractivity contribution >= 4 is 5.57 Å². The molecule has 112 valence electrons. The molecule has 0 spiro atoms. The monoisotopic (exact) mass is 284 g/mol. The number of ether oxygens (including phenoxy) is 1. The smallest absolute Gasteiger partial charge is 0.132 e. The molecule has 1 unspecified atom stereocenters. The number of rotatable bonds is 1. The van der Waals surface area contributed by atoms with Crippen LogP contribution in [0.4, 0.5) is 0 Å². The largest absolute Gasteiger partial charge is 0.464 e. The molecule has 1 atom stereocenters. The van der Waals surface area contributed by atoms with E-state index in [0.29, 0.717) is 0 Å². The number of benzene rings is 2. The van der Waals surface area contributed by atoms with Crippen LogP contribution in [0.1, 0.15) is 44.9 Å². The van der Waals surface area contributed by atoms with E-state index in [1.54, 1.807) is 6.26 Å². The fourth-order valence-corrected chi connectivity index (χ4v) is 2.03. The topological polar surface area (TPSA) is 29.5 Å². The van der Waals surface area contributed by atoms with Crippen molar-refractivity contribution in [3.05, 3.63) is 72.0 Å². The van der Waals surface area contributed by atoms with Crippen LogP contribution in [0.3, 0.4) is 0 Å². The number of aliphatic hydroxyl groups is 1. The highest BCUT2D eigenvalue weighted by Gasteiger charge is 2.23. The molecule has 2 aromatic carbocycles. The second-order valence-corrected chi connectivity index (χ2v) is 4.00. The van der Waals surface area contributed by atoms with E-state index in [1.807, 2.05) is 82.3 Å². The van der Waals surface area contributed by atoms with Gasteiger partial charge in [0, 0.05) is 11.1 Å². The van der Waals surface area contributed by atoms with Gasteiger partial charge >= 0.3 is 0 Å². The number of hydrogen-bond acceptors (Lipinski definition) is 2. The summed E-state index contributed by atoms with van der Waals surface area (Å²) in [5.74, 6) is 0.722. The standard InChI is InChI=1S/C15H12O2.2C2H6/c16-15-12-8-4-5-9-14(12)17-10-13(15)11-6-2-1-3-7-11;2*1-2/h1-10,15-16H;2*1-2H3. The fraction of sp³-hybridized carbons (Fsp3) is 0.263. The predicted molar refractivity (Wildman–Crippen MR) is 89.1 cm³/mol. The van der Waals surface area contributed by atoms with Crippen LogP contribution in [0.15, 0.2) is 60.9 Å². The average molecular weight is 284 g/mol. The van der Waals surface area contributed by atoms with Gasteiger partial charge in [0.2, 0.25) is 0 Å². The molecule has 0 fully saturated rings. The molecule has 1 aliphatic heterocycles. The molecule has 2 nitrogen and oxygen atoms in total. The van der Waals surface area contributed by atoms with Crippen LogP contribution >= 0.6 is 0 Å². The summed E-state index contributed by atoms with van der Waals surface area (Å²) in [6.07, 6.45) is 1.00. The van der Waals surface area contributed by atoms with E-state index < -0.39 is 6.10 Å². The lowest BCUT2D eigenvalue weighted by molar-refractivity contribution is 0.224. The lowest BCUT2D eigenvalue weighted by Crippen LogP contribution is -2.09. The summed E-state index contributed by atoms with van der Waals surface area (Å²) in [6.45, 7) is 8.00. The van der Waals surface area contributed by atoms with Crippen LogP contribution in [0, 0.1) is 0 Å². The Balaban J connectivity index is 0.000000510. The maximum atomic E-state index is 10.3. The van der Waals surface area contributed by atoms with Crippen LogP contribution < -0.4 is 4.74 Å². The maximum absolute atomic E-state index is 10.3. The lowest BCUT2D eigenvalue weighted by atomic mass is 9.94. The molecule has 0 saturated heterocycles. The fourth-order valence-electron chi connectivity index (χ4n) is 2.03. The second kappa shape index (κ2) is 8.98. The molecule has 2 aromatic rings. The van der Waals surface area contributed by atoms with Crippen LogP contribution in [0.2, 0.25) is 0 Å². The van der Waals surface area contributed by atoms with Gasteiger partial charge in [0.25, 0.3) is 0 Å². The van der Waals surface area contributed by atoms with Crippen LogP contribution in [-0.4, -0.2) is 5.11 Å². The third-order valence-electron chi connectivity index (χ3n) is 2.93. The second-order valence-electron chi connectivity index (χ2n) is 4.00. The Morgan fingerprint density at radius 2 is 1.38 bits per heavy atom. The van der Waals surface area contributed by atoms with E-state index in [0.717, 1.165) is 22.4 Å². The number of fused-ring (bicyclic) bond motifs is 1. The first kappa shape index (κ1) is 17.0. The van der Waals surface area contributed by atoms with Crippen molar-refractivity contribution in [2.75, 3.05) is 0 Å². The summed E-state index contributed by atoms with van der Waals surface area (Å²) in [5, 5.41) is 10.3. The van der Waals surface area contributed by atoms with Crippen molar-refractivity contribution in [2.45, 2.75) is 33.8 Å². The molecule has 0 aliphatic carbocycles. The van der Waals surface area contributed by atoms with Gasteiger partial charge in [-0.25, -0.2) is 0 Å². The minimum atomic E-state index is -0.623. The number of hydrogen-bond donors (Lipinski definition) is 1. The van der Waals surface area contributed by atoms with Crippen LogP contribution in [-0.2, 0) is 0 Å². The first-order chi connectivity index (χ1) is 10.4. The summed E-state index contributed by atoms with van der Waals surface area (Å²) in [5.41, 5.74) is 2.59. The molecule has 1 heterocycles. The lowest BCUT2D eigenvalue weighted by Gasteiger charge is -2.22. The predicted octanol–water partition coefficient (Wildman–Crippen LogP) is 5.21. The van der Waals surface area contributed by atoms with Crippen LogP contribution in [0.5, 0.6) is 5.75 Å². The Morgan fingerprint density at radius 1 is 0.810 bits per heavy atom. The summed E-state index contributed by atoms with van der Waals surface area (Å²) >= 11 is 0. The molecule has 0 saturated carbocycles. The Hall–Kier alpha value is -2.06. The highest BCUT2D eigenvalue weighted by atomic mass is 16.5. The zero-order valence-corrected chi connectivity index (χ0v) is 13.2. The molecule has 2 heteroatoms. The Kier molecular flexibility index (Phi) is 7.27. The van der Waals surface area contributed by atoms with Crippen molar-refractivity contribution in [1.82, 2.24) is 0 Å². The Bertz CT molecular complexity index is 559. The van der Waals surface area contributed by atoms with Gasteiger partial charge in [-0.2, -0.15) is 0 Å². The minimum absolute atomic E-state index is 0.623. The molecule has 0 radical (unpaired) electrons. The van der Waals surface area contributed by atoms with Crippen molar-refractivity contribution in [2.24, 2.45) is 0 Å². The van der Waals surface area contributed by atoms with E-state index in [4.69, 9.17) is 4.74 Å². The average Bonchev–Trinajstić information content (AvgIpc) is 2.60. The number of aliphatic hydroxyl groups excluding tert-OH is 1. The normalized spacial score (nSPS) is 15.1. The third kappa shape index (κ3) is 3.96. The minimum Gasteiger partial charge on any atom is -0.464 e. The molecule has 1 N–H and O–H groups in total.